The first-order valence-corrected chi connectivity index (χ1v) is 13.3. The third-order valence-corrected chi connectivity index (χ3v) is 7.83. The summed E-state index contributed by atoms with van der Waals surface area (Å²) in [5.41, 5.74) is 5.78. The van der Waals surface area contributed by atoms with Gasteiger partial charge in [0.25, 0.3) is 0 Å². The summed E-state index contributed by atoms with van der Waals surface area (Å²) >= 11 is 0. The number of alkyl halides is 1. The molecule has 0 saturated carbocycles. The van der Waals surface area contributed by atoms with E-state index in [0.717, 1.165) is 61.9 Å². The van der Waals surface area contributed by atoms with E-state index in [1.807, 2.05) is 104 Å². The molecule has 0 aliphatic carbocycles. The van der Waals surface area contributed by atoms with Crippen molar-refractivity contribution < 1.29 is 8.81 Å². The van der Waals surface area contributed by atoms with Gasteiger partial charge in [0.2, 0.25) is 0 Å². The van der Waals surface area contributed by atoms with Crippen molar-refractivity contribution in [3.05, 3.63) is 127 Å². The molecule has 1 aliphatic heterocycles. The van der Waals surface area contributed by atoms with E-state index in [1.165, 1.54) is 0 Å². The molecule has 1 atom stereocenters. The summed E-state index contributed by atoms with van der Waals surface area (Å²) in [5, 5.41) is 4.20. The lowest BCUT2D eigenvalue weighted by atomic mass is 10.0. The number of pyridine rings is 1. The van der Waals surface area contributed by atoms with Crippen LogP contribution < -0.4 is 4.90 Å². The molecule has 5 nitrogen and oxygen atoms in total. The SMILES string of the molecule is CN1C=CN(c2cccc(C(F)c3ccc4c5ccc6oc7ccccc7c6c5n(-c5ccccn5)c4c3)c2)C1. The first kappa shape index (κ1) is 22.8. The fourth-order valence-electron chi connectivity index (χ4n) is 5.96. The normalized spacial score (nSPS) is 14.3. The lowest BCUT2D eigenvalue weighted by Crippen LogP contribution is -2.21. The Morgan fingerprint density at radius 1 is 0.775 bits per heavy atom. The fraction of sp³-hybridized carbons (Fsp3) is 0.0882. The molecule has 6 heteroatoms. The van der Waals surface area contributed by atoms with Gasteiger partial charge in [0.1, 0.15) is 17.0 Å². The molecule has 194 valence electrons. The number of anilines is 1. The standard InChI is InChI=1S/C34H25FN4O/c1-37-17-18-38(21-37)24-8-6-7-22(19-24)33(35)23-12-13-25-26-14-15-30-32(27-9-2-3-10-29(27)40-30)34(26)39(28(25)20-23)31-11-4-5-16-36-31/h2-20,33H,21H2,1H3. The Bertz CT molecular complexity index is 2090. The van der Waals surface area contributed by atoms with Crippen LogP contribution in [0, 0.1) is 0 Å². The van der Waals surface area contributed by atoms with Gasteiger partial charge < -0.3 is 14.2 Å². The third-order valence-electron chi connectivity index (χ3n) is 7.83. The van der Waals surface area contributed by atoms with Crippen LogP contribution in [0.4, 0.5) is 10.1 Å². The maximum absolute atomic E-state index is 16.3. The Morgan fingerprint density at radius 2 is 1.62 bits per heavy atom. The summed E-state index contributed by atoms with van der Waals surface area (Å²) in [6.07, 6.45) is 4.55. The van der Waals surface area contributed by atoms with Crippen LogP contribution in [0.3, 0.4) is 0 Å². The molecule has 1 unspecified atom stereocenters. The number of furan rings is 1. The van der Waals surface area contributed by atoms with Crippen LogP contribution in [-0.4, -0.2) is 28.2 Å². The Balaban J connectivity index is 1.35. The monoisotopic (exact) mass is 524 g/mol. The highest BCUT2D eigenvalue weighted by atomic mass is 19.1. The van der Waals surface area contributed by atoms with Gasteiger partial charge in [0.15, 0.2) is 6.17 Å². The van der Waals surface area contributed by atoms with Gasteiger partial charge >= 0.3 is 0 Å². The number of hydrogen-bond acceptors (Lipinski definition) is 4. The minimum absolute atomic E-state index is 0.604. The maximum Gasteiger partial charge on any atom is 0.150 e. The Morgan fingerprint density at radius 3 is 2.48 bits per heavy atom. The first-order chi connectivity index (χ1) is 19.7. The predicted molar refractivity (Wildman–Crippen MR) is 159 cm³/mol. The summed E-state index contributed by atoms with van der Waals surface area (Å²) in [6.45, 7) is 0.744. The number of aromatic nitrogens is 2. The second kappa shape index (κ2) is 8.71. The molecule has 4 aromatic carbocycles. The summed E-state index contributed by atoms with van der Waals surface area (Å²) in [6, 6.07) is 31.7. The number of nitrogens with zero attached hydrogens (tertiary/aromatic N) is 4. The molecule has 3 aromatic heterocycles. The molecular formula is C34H25FN4O. The van der Waals surface area contributed by atoms with Gasteiger partial charge in [-0.05, 0) is 59.7 Å². The molecule has 0 fully saturated rings. The van der Waals surface area contributed by atoms with E-state index in [-0.39, 0.29) is 0 Å². The Hall–Kier alpha value is -5.10. The second-order valence-electron chi connectivity index (χ2n) is 10.4. The van der Waals surface area contributed by atoms with Gasteiger partial charge in [0, 0.05) is 47.5 Å². The van der Waals surface area contributed by atoms with Crippen molar-refractivity contribution in [3.8, 4) is 5.82 Å². The molecule has 0 radical (unpaired) electrons. The smallest absolute Gasteiger partial charge is 0.150 e. The van der Waals surface area contributed by atoms with Gasteiger partial charge in [-0.2, -0.15) is 0 Å². The number of fused-ring (bicyclic) bond motifs is 7. The van der Waals surface area contributed by atoms with E-state index in [4.69, 9.17) is 9.40 Å². The van der Waals surface area contributed by atoms with Crippen molar-refractivity contribution in [2.24, 2.45) is 0 Å². The maximum atomic E-state index is 16.3. The average Bonchev–Trinajstić information content (AvgIpc) is 3.70. The van der Waals surface area contributed by atoms with Gasteiger partial charge in [-0.3, -0.25) is 4.57 Å². The number of benzene rings is 4. The van der Waals surface area contributed by atoms with Crippen molar-refractivity contribution >= 4 is 49.4 Å². The highest BCUT2D eigenvalue weighted by Gasteiger charge is 2.22. The van der Waals surface area contributed by atoms with E-state index in [0.29, 0.717) is 11.1 Å². The van der Waals surface area contributed by atoms with Gasteiger partial charge in [-0.25, -0.2) is 9.37 Å². The lowest BCUT2D eigenvalue weighted by Gasteiger charge is -2.19. The van der Waals surface area contributed by atoms with E-state index in [9.17, 15) is 0 Å². The molecule has 4 heterocycles. The zero-order chi connectivity index (χ0) is 26.8. The Kier molecular flexibility index (Phi) is 4.98. The van der Waals surface area contributed by atoms with Gasteiger partial charge in [0.05, 0.1) is 23.1 Å². The second-order valence-corrected chi connectivity index (χ2v) is 10.4. The lowest BCUT2D eigenvalue weighted by molar-refractivity contribution is 0.402. The van der Waals surface area contributed by atoms with Crippen molar-refractivity contribution in [3.63, 3.8) is 0 Å². The van der Waals surface area contributed by atoms with Crippen LogP contribution >= 0.6 is 0 Å². The third kappa shape index (κ3) is 3.42. The van der Waals surface area contributed by atoms with Crippen LogP contribution in [-0.2, 0) is 0 Å². The minimum Gasteiger partial charge on any atom is -0.456 e. The fourth-order valence-corrected chi connectivity index (χ4v) is 5.96. The zero-order valence-electron chi connectivity index (χ0n) is 21.8. The highest BCUT2D eigenvalue weighted by molar-refractivity contribution is 6.24. The van der Waals surface area contributed by atoms with Crippen LogP contribution in [0.25, 0.3) is 49.6 Å². The summed E-state index contributed by atoms with van der Waals surface area (Å²) in [5.74, 6) is 0.778. The largest absolute Gasteiger partial charge is 0.456 e. The molecule has 0 N–H and O–H groups in total. The highest BCUT2D eigenvalue weighted by Crippen LogP contribution is 2.41. The summed E-state index contributed by atoms with van der Waals surface area (Å²) < 4.78 is 24.6. The molecule has 8 rings (SSSR count). The van der Waals surface area contributed by atoms with Crippen molar-refractivity contribution in [1.82, 2.24) is 14.5 Å². The number of halogens is 1. The van der Waals surface area contributed by atoms with Crippen LogP contribution in [0.15, 0.2) is 120 Å². The molecule has 7 aromatic rings. The molecule has 1 aliphatic rings. The number of rotatable bonds is 4. The summed E-state index contributed by atoms with van der Waals surface area (Å²) in [4.78, 5) is 8.91. The molecule has 40 heavy (non-hydrogen) atoms. The topological polar surface area (TPSA) is 37.4 Å². The zero-order valence-corrected chi connectivity index (χ0v) is 21.8. The van der Waals surface area contributed by atoms with E-state index in [2.05, 4.69) is 26.5 Å². The quantitative estimate of drug-likeness (QED) is 0.232. The molecule has 0 bridgehead atoms. The number of para-hydroxylation sites is 1. The van der Waals surface area contributed by atoms with Crippen LogP contribution in [0.5, 0.6) is 0 Å². The number of hydrogen-bond donors (Lipinski definition) is 0. The Labute approximate surface area is 230 Å². The van der Waals surface area contributed by atoms with E-state index in [1.54, 1.807) is 6.20 Å². The first-order valence-electron chi connectivity index (χ1n) is 13.3. The van der Waals surface area contributed by atoms with Crippen LogP contribution in [0.2, 0.25) is 0 Å². The van der Waals surface area contributed by atoms with E-state index < -0.39 is 6.17 Å². The molecule has 0 amide bonds. The predicted octanol–water partition coefficient (Wildman–Crippen LogP) is 8.32. The van der Waals surface area contributed by atoms with Crippen molar-refractivity contribution in [2.45, 2.75) is 6.17 Å². The minimum atomic E-state index is -1.28. The van der Waals surface area contributed by atoms with Crippen molar-refractivity contribution in [1.29, 1.82) is 0 Å². The average molecular weight is 525 g/mol. The van der Waals surface area contributed by atoms with E-state index >= 15 is 4.39 Å². The van der Waals surface area contributed by atoms with Gasteiger partial charge in [-0.1, -0.05) is 48.5 Å². The van der Waals surface area contributed by atoms with Crippen molar-refractivity contribution in [2.75, 3.05) is 18.6 Å². The molecule has 0 spiro atoms. The van der Waals surface area contributed by atoms with Crippen LogP contribution in [0.1, 0.15) is 17.3 Å². The summed E-state index contributed by atoms with van der Waals surface area (Å²) in [7, 11) is 2.02. The molecule has 0 saturated heterocycles. The van der Waals surface area contributed by atoms with Gasteiger partial charge in [-0.15, -0.1) is 0 Å². The molecular weight excluding hydrogens is 499 g/mol.